The first-order valence-electron chi connectivity index (χ1n) is 7.09. The third kappa shape index (κ3) is 12.6. The van der Waals surface area contributed by atoms with Crippen LogP contribution in [0, 0.1) is 0 Å². The summed E-state index contributed by atoms with van der Waals surface area (Å²) in [6, 6.07) is 10.3. The molecule has 1 aromatic carbocycles. The second-order valence-corrected chi connectivity index (χ2v) is 4.32. The molecule has 0 unspecified atom stereocenters. The van der Waals surface area contributed by atoms with Crippen LogP contribution >= 0.6 is 0 Å². The third-order valence-corrected chi connectivity index (χ3v) is 2.34. The van der Waals surface area contributed by atoms with Crippen molar-refractivity contribution >= 4 is 18.0 Å². The lowest BCUT2D eigenvalue weighted by Gasteiger charge is -1.93. The highest BCUT2D eigenvalue weighted by molar-refractivity contribution is 5.90. The number of allylic oxidation sites excluding steroid dienone is 4. The van der Waals surface area contributed by atoms with Crippen molar-refractivity contribution < 1.29 is 19.4 Å². The van der Waals surface area contributed by atoms with E-state index in [-0.39, 0.29) is 6.61 Å². The Kier molecular flexibility index (Phi) is 11.2. The molecule has 4 heteroatoms. The first-order valence-corrected chi connectivity index (χ1v) is 7.09. The van der Waals surface area contributed by atoms with Gasteiger partial charge in [0.1, 0.15) is 0 Å². The molecule has 1 rings (SSSR count). The Morgan fingerprint density at radius 3 is 2.35 bits per heavy atom. The summed E-state index contributed by atoms with van der Waals surface area (Å²) in [6.07, 6.45) is 9.50. The van der Waals surface area contributed by atoms with Gasteiger partial charge >= 0.3 is 11.9 Å². The van der Waals surface area contributed by atoms with Crippen molar-refractivity contribution in [3.05, 3.63) is 78.4 Å². The predicted octanol–water partition coefficient (Wildman–Crippen LogP) is 4.02. The molecule has 0 radical (unpaired) electrons. The van der Waals surface area contributed by atoms with Gasteiger partial charge < -0.3 is 9.84 Å². The van der Waals surface area contributed by atoms with Gasteiger partial charge in [-0.3, -0.25) is 0 Å². The average Bonchev–Trinajstić information content (AvgIpc) is 2.53. The van der Waals surface area contributed by atoms with Gasteiger partial charge in [-0.1, -0.05) is 66.8 Å². The fourth-order valence-electron chi connectivity index (χ4n) is 1.41. The van der Waals surface area contributed by atoms with E-state index in [1.165, 1.54) is 11.1 Å². The van der Waals surface area contributed by atoms with E-state index in [9.17, 15) is 9.59 Å². The maximum Gasteiger partial charge on any atom is 0.330 e. The summed E-state index contributed by atoms with van der Waals surface area (Å²) in [7, 11) is 0. The number of carbonyl (C=O) groups excluding carboxylic acids is 1. The molecule has 0 aliphatic rings. The van der Waals surface area contributed by atoms with Crippen LogP contribution in [0.3, 0.4) is 0 Å². The summed E-state index contributed by atoms with van der Waals surface area (Å²) in [5, 5.41) is 8.04. The molecule has 0 bridgehead atoms. The van der Waals surface area contributed by atoms with E-state index in [1.807, 2.05) is 30.4 Å². The van der Waals surface area contributed by atoms with Crippen molar-refractivity contribution in [1.29, 1.82) is 0 Å². The van der Waals surface area contributed by atoms with Gasteiger partial charge in [0.05, 0.1) is 6.61 Å². The minimum atomic E-state index is -1.16. The van der Waals surface area contributed by atoms with Crippen LogP contribution in [-0.4, -0.2) is 23.7 Å². The highest BCUT2D eigenvalue weighted by atomic mass is 16.5. The van der Waals surface area contributed by atoms with Gasteiger partial charge in [-0.05, 0) is 19.4 Å². The molecule has 0 aromatic heterocycles. The molecule has 0 spiro atoms. The highest BCUT2D eigenvalue weighted by Gasteiger charge is 1.94. The summed E-state index contributed by atoms with van der Waals surface area (Å²) in [5.74, 6) is -1.79. The summed E-state index contributed by atoms with van der Waals surface area (Å²) >= 11 is 0. The minimum absolute atomic E-state index is 0.253. The number of rotatable bonds is 6. The summed E-state index contributed by atoms with van der Waals surface area (Å²) in [6.45, 7) is 7.60. The lowest BCUT2D eigenvalue weighted by molar-refractivity contribution is -0.138. The SMILES string of the molecule is C=CC=CC(C)=Cc1ccccc1.CCOC(=O)C=CC(=O)O. The van der Waals surface area contributed by atoms with Crippen molar-refractivity contribution in [3.8, 4) is 0 Å². The first-order chi connectivity index (χ1) is 11.0. The second kappa shape index (κ2) is 12.8. The predicted molar refractivity (Wildman–Crippen MR) is 92.8 cm³/mol. The number of ether oxygens (including phenoxy) is 1. The van der Waals surface area contributed by atoms with Gasteiger partial charge in [0, 0.05) is 12.2 Å². The van der Waals surface area contributed by atoms with Crippen molar-refractivity contribution in [2.24, 2.45) is 0 Å². The standard InChI is InChI=1S/C13H14.C6H8O4/c1-3-4-8-12(2)11-13-9-6-5-7-10-13;1-2-10-6(9)4-3-5(7)8/h3-11H,1H2,2H3;3-4H,2H2,1H3,(H,7,8). The maximum absolute atomic E-state index is 10.4. The Bertz CT molecular complexity index is 581. The van der Waals surface area contributed by atoms with Gasteiger partial charge in [0.2, 0.25) is 0 Å². The monoisotopic (exact) mass is 314 g/mol. The number of carboxylic acids is 1. The summed E-state index contributed by atoms with van der Waals surface area (Å²) < 4.78 is 4.40. The van der Waals surface area contributed by atoms with E-state index >= 15 is 0 Å². The van der Waals surface area contributed by atoms with Crippen LogP contribution < -0.4 is 0 Å². The largest absolute Gasteiger partial charge is 0.478 e. The third-order valence-electron chi connectivity index (χ3n) is 2.34. The Morgan fingerprint density at radius 2 is 1.83 bits per heavy atom. The molecular formula is C19H22O4. The highest BCUT2D eigenvalue weighted by Crippen LogP contribution is 2.06. The molecule has 0 fully saturated rings. The van der Waals surface area contributed by atoms with Gasteiger partial charge in [-0.2, -0.15) is 0 Å². The number of carbonyl (C=O) groups is 2. The van der Waals surface area contributed by atoms with E-state index in [2.05, 4.69) is 36.4 Å². The fraction of sp³-hybridized carbons (Fsp3) is 0.158. The number of hydrogen-bond donors (Lipinski definition) is 1. The smallest absolute Gasteiger partial charge is 0.330 e. The van der Waals surface area contributed by atoms with E-state index in [0.717, 1.165) is 12.2 Å². The summed E-state index contributed by atoms with van der Waals surface area (Å²) in [4.78, 5) is 20.2. The molecule has 23 heavy (non-hydrogen) atoms. The number of hydrogen-bond acceptors (Lipinski definition) is 3. The molecule has 0 aliphatic heterocycles. The van der Waals surface area contributed by atoms with E-state index in [0.29, 0.717) is 0 Å². The van der Waals surface area contributed by atoms with E-state index < -0.39 is 11.9 Å². The fourth-order valence-corrected chi connectivity index (χ4v) is 1.41. The van der Waals surface area contributed by atoms with Crippen molar-refractivity contribution in [2.75, 3.05) is 6.61 Å². The van der Waals surface area contributed by atoms with Gasteiger partial charge in [0.25, 0.3) is 0 Å². The first kappa shape index (κ1) is 20.1. The minimum Gasteiger partial charge on any atom is -0.478 e. The van der Waals surface area contributed by atoms with Crippen LogP contribution in [0.25, 0.3) is 6.08 Å². The molecule has 122 valence electrons. The topological polar surface area (TPSA) is 63.6 Å². The van der Waals surface area contributed by atoms with E-state index in [4.69, 9.17) is 5.11 Å². The molecule has 1 N–H and O–H groups in total. The molecular weight excluding hydrogens is 292 g/mol. The zero-order valence-electron chi connectivity index (χ0n) is 13.4. The number of esters is 1. The van der Waals surface area contributed by atoms with Gasteiger partial charge in [0.15, 0.2) is 0 Å². The second-order valence-electron chi connectivity index (χ2n) is 4.32. The van der Waals surface area contributed by atoms with Crippen LogP contribution in [0.2, 0.25) is 0 Å². The molecule has 0 atom stereocenters. The van der Waals surface area contributed by atoms with Crippen molar-refractivity contribution in [1.82, 2.24) is 0 Å². The molecule has 4 nitrogen and oxygen atoms in total. The van der Waals surface area contributed by atoms with Gasteiger partial charge in [-0.15, -0.1) is 0 Å². The normalized spacial score (nSPS) is 11.0. The lowest BCUT2D eigenvalue weighted by Crippen LogP contribution is -2.00. The van der Waals surface area contributed by atoms with Crippen molar-refractivity contribution in [3.63, 3.8) is 0 Å². The van der Waals surface area contributed by atoms with Crippen LogP contribution in [0.1, 0.15) is 19.4 Å². The quantitative estimate of drug-likeness (QED) is 0.489. The number of benzene rings is 1. The number of aliphatic carboxylic acids is 1. The zero-order valence-corrected chi connectivity index (χ0v) is 13.4. The Balaban J connectivity index is 0.000000438. The molecule has 0 saturated heterocycles. The maximum atomic E-state index is 10.4. The average molecular weight is 314 g/mol. The molecule has 0 saturated carbocycles. The van der Waals surface area contributed by atoms with E-state index in [1.54, 1.807) is 13.0 Å². The zero-order chi connectivity index (χ0) is 17.5. The summed E-state index contributed by atoms with van der Waals surface area (Å²) in [5.41, 5.74) is 2.46. The number of carboxylic acid groups (broad SMARTS) is 1. The van der Waals surface area contributed by atoms with Gasteiger partial charge in [-0.25, -0.2) is 9.59 Å². The van der Waals surface area contributed by atoms with Crippen LogP contribution in [0.15, 0.2) is 72.9 Å². The Hall–Kier alpha value is -2.88. The Labute approximate surface area is 137 Å². The molecule has 1 aromatic rings. The molecule has 0 aliphatic carbocycles. The van der Waals surface area contributed by atoms with Crippen LogP contribution in [0.4, 0.5) is 0 Å². The molecule has 0 amide bonds. The lowest BCUT2D eigenvalue weighted by atomic mass is 10.1. The molecule has 0 heterocycles. The van der Waals surface area contributed by atoms with Crippen LogP contribution in [-0.2, 0) is 14.3 Å². The Morgan fingerprint density at radius 1 is 1.17 bits per heavy atom. The van der Waals surface area contributed by atoms with Crippen molar-refractivity contribution in [2.45, 2.75) is 13.8 Å². The van der Waals surface area contributed by atoms with Crippen LogP contribution in [0.5, 0.6) is 0 Å².